The zero-order valence-corrected chi connectivity index (χ0v) is 21.2. The molecule has 0 aromatic carbocycles. The van der Waals surface area contributed by atoms with Crippen LogP contribution in [0.25, 0.3) is 0 Å². The largest absolute Gasteiger partial charge is 0.463 e. The topological polar surface area (TPSA) is 71.1 Å². The van der Waals surface area contributed by atoms with E-state index in [1.165, 1.54) is 12.8 Å². The van der Waals surface area contributed by atoms with Gasteiger partial charge in [-0.3, -0.25) is 0 Å². The van der Waals surface area contributed by atoms with Crippen LogP contribution in [0.3, 0.4) is 0 Å². The third-order valence-electron chi connectivity index (χ3n) is 6.69. The average molecular weight is 455 g/mol. The van der Waals surface area contributed by atoms with E-state index in [0.717, 1.165) is 51.4 Å². The van der Waals surface area contributed by atoms with Crippen LogP contribution in [0.4, 0.5) is 0 Å². The molecule has 0 aromatic heterocycles. The molecule has 2 saturated carbocycles. The first kappa shape index (κ1) is 27.1. The van der Waals surface area contributed by atoms with Crippen molar-refractivity contribution in [1.29, 1.82) is 0 Å². The monoisotopic (exact) mass is 454 g/mol. The van der Waals surface area contributed by atoms with Gasteiger partial charge in [0.15, 0.2) is 0 Å². The molecular weight excluding hydrogens is 408 g/mol. The first-order valence-corrected chi connectivity index (χ1v) is 12.8. The number of carbonyl (C=O) groups excluding carboxylic acids is 2. The molecule has 0 aliphatic heterocycles. The first-order chi connectivity index (χ1) is 15.1. The minimum absolute atomic E-state index is 0.104. The smallest absolute Gasteiger partial charge is 0.341 e. The highest BCUT2D eigenvalue weighted by atomic mass is 16.6. The van der Waals surface area contributed by atoms with E-state index in [0.29, 0.717) is 0 Å². The van der Waals surface area contributed by atoms with Crippen LogP contribution in [0.1, 0.15) is 106 Å². The van der Waals surface area contributed by atoms with Gasteiger partial charge >= 0.3 is 11.9 Å². The molecule has 6 nitrogen and oxygen atoms in total. The summed E-state index contributed by atoms with van der Waals surface area (Å²) in [7, 11) is 0. The fourth-order valence-corrected chi connectivity index (χ4v) is 4.50. The summed E-state index contributed by atoms with van der Waals surface area (Å²) in [6.07, 6.45) is 9.82. The van der Waals surface area contributed by atoms with Crippen molar-refractivity contribution in [1.82, 2.24) is 0 Å². The summed E-state index contributed by atoms with van der Waals surface area (Å²) >= 11 is 0. The minimum Gasteiger partial charge on any atom is -0.463 e. The van der Waals surface area contributed by atoms with Crippen molar-refractivity contribution in [3.63, 3.8) is 0 Å². The third-order valence-corrected chi connectivity index (χ3v) is 6.69. The first-order valence-electron chi connectivity index (χ1n) is 12.8. The van der Waals surface area contributed by atoms with Crippen LogP contribution in [0.5, 0.6) is 0 Å². The van der Waals surface area contributed by atoms with Gasteiger partial charge in [-0.05, 0) is 51.4 Å². The highest BCUT2D eigenvalue weighted by Gasteiger charge is 2.61. The Hall–Kier alpha value is -1.14. The molecule has 0 bridgehead atoms. The number of hydrogen-bond donors (Lipinski definition) is 0. The molecule has 186 valence electrons. The fraction of sp³-hybridized carbons (Fsp3) is 0.923. The van der Waals surface area contributed by atoms with Crippen LogP contribution in [0, 0.1) is 11.8 Å². The van der Waals surface area contributed by atoms with Crippen LogP contribution in [-0.2, 0) is 28.5 Å². The van der Waals surface area contributed by atoms with E-state index in [9.17, 15) is 9.59 Å². The predicted octanol–water partition coefficient (Wildman–Crippen LogP) is 5.60. The molecular formula is C26H46O6. The lowest BCUT2D eigenvalue weighted by atomic mass is 9.83. The van der Waals surface area contributed by atoms with Gasteiger partial charge in [0.05, 0.1) is 25.4 Å². The number of hydrogen-bond acceptors (Lipinski definition) is 6. The van der Waals surface area contributed by atoms with Crippen LogP contribution >= 0.6 is 0 Å². The molecule has 0 spiro atoms. The van der Waals surface area contributed by atoms with E-state index in [1.54, 1.807) is 13.8 Å². The van der Waals surface area contributed by atoms with Crippen LogP contribution in [0.2, 0.25) is 0 Å². The van der Waals surface area contributed by atoms with Gasteiger partial charge in [-0.25, -0.2) is 9.59 Å². The SMILES string of the molecule is CC(C)COC(=O)C(C)(OC1CCCCC1)C(C)(OC1CCCCC1)C(=O)OCC(C)C. The van der Waals surface area contributed by atoms with E-state index in [2.05, 4.69) is 0 Å². The summed E-state index contributed by atoms with van der Waals surface area (Å²) in [5.41, 5.74) is -3.18. The molecule has 32 heavy (non-hydrogen) atoms. The molecule has 0 saturated heterocycles. The van der Waals surface area contributed by atoms with Gasteiger partial charge < -0.3 is 18.9 Å². The Bertz CT molecular complexity index is 539. The highest BCUT2D eigenvalue weighted by molar-refractivity contribution is 5.92. The van der Waals surface area contributed by atoms with Crippen molar-refractivity contribution in [3.05, 3.63) is 0 Å². The number of ether oxygens (including phenoxy) is 4. The van der Waals surface area contributed by atoms with Crippen LogP contribution in [0.15, 0.2) is 0 Å². The summed E-state index contributed by atoms with van der Waals surface area (Å²) in [5.74, 6) is -0.735. The Labute approximate surface area is 195 Å². The normalized spacial score (nSPS) is 22.4. The van der Waals surface area contributed by atoms with Gasteiger partial charge in [0.25, 0.3) is 0 Å². The second kappa shape index (κ2) is 12.4. The molecule has 0 heterocycles. The molecule has 0 radical (unpaired) electrons. The lowest BCUT2D eigenvalue weighted by Crippen LogP contribution is -2.66. The molecule has 0 amide bonds. The standard InChI is InChI=1S/C26H46O6/c1-19(2)17-29-23(27)25(5,31-21-13-9-7-10-14-21)26(6,24(28)30-18-20(3)4)32-22-15-11-8-12-16-22/h19-22H,7-18H2,1-6H3. The third kappa shape index (κ3) is 7.18. The summed E-state index contributed by atoms with van der Waals surface area (Å²) < 4.78 is 24.4. The van der Waals surface area contributed by atoms with Crippen molar-refractivity contribution in [2.75, 3.05) is 13.2 Å². The van der Waals surface area contributed by atoms with Gasteiger partial charge in [-0.2, -0.15) is 0 Å². The van der Waals surface area contributed by atoms with Crippen molar-refractivity contribution in [3.8, 4) is 0 Å². The Balaban J connectivity index is 2.39. The molecule has 2 fully saturated rings. The molecule has 2 aliphatic carbocycles. The molecule has 0 N–H and O–H groups in total. The number of rotatable bonds is 11. The number of carbonyl (C=O) groups is 2. The second-order valence-corrected chi connectivity index (χ2v) is 10.8. The molecule has 2 atom stereocenters. The maximum absolute atomic E-state index is 13.5. The maximum Gasteiger partial charge on any atom is 0.341 e. The zero-order valence-electron chi connectivity index (χ0n) is 21.2. The van der Waals surface area contributed by atoms with Gasteiger partial charge in [0.1, 0.15) is 0 Å². The van der Waals surface area contributed by atoms with Crippen LogP contribution < -0.4 is 0 Å². The summed E-state index contributed by atoms with van der Waals surface area (Å²) in [4.78, 5) is 27.1. The van der Waals surface area contributed by atoms with Gasteiger partial charge in [0.2, 0.25) is 11.2 Å². The lowest BCUT2D eigenvalue weighted by Gasteiger charge is -2.46. The van der Waals surface area contributed by atoms with Gasteiger partial charge in [-0.15, -0.1) is 0 Å². The van der Waals surface area contributed by atoms with Crippen LogP contribution in [-0.4, -0.2) is 48.6 Å². The Kier molecular flexibility index (Phi) is 10.5. The summed E-state index contributed by atoms with van der Waals surface area (Å²) in [5, 5.41) is 0. The van der Waals surface area contributed by atoms with Crippen molar-refractivity contribution in [2.45, 2.75) is 129 Å². The molecule has 2 aliphatic rings. The molecule has 0 aromatic rings. The summed E-state index contributed by atoms with van der Waals surface area (Å²) in [6, 6.07) is 0. The van der Waals surface area contributed by atoms with E-state index in [4.69, 9.17) is 18.9 Å². The van der Waals surface area contributed by atoms with Crippen molar-refractivity contribution >= 4 is 11.9 Å². The Morgan fingerprint density at radius 3 is 1.25 bits per heavy atom. The number of esters is 2. The molecule has 2 unspecified atom stereocenters. The van der Waals surface area contributed by atoms with E-state index in [1.807, 2.05) is 27.7 Å². The van der Waals surface area contributed by atoms with Crippen molar-refractivity contribution in [2.24, 2.45) is 11.8 Å². The van der Waals surface area contributed by atoms with E-state index in [-0.39, 0.29) is 37.3 Å². The van der Waals surface area contributed by atoms with Gasteiger partial charge in [-0.1, -0.05) is 66.2 Å². The van der Waals surface area contributed by atoms with Crippen molar-refractivity contribution < 1.29 is 28.5 Å². The molecule has 2 rings (SSSR count). The Morgan fingerprint density at radius 2 is 0.969 bits per heavy atom. The highest BCUT2D eigenvalue weighted by Crippen LogP contribution is 2.39. The lowest BCUT2D eigenvalue weighted by molar-refractivity contribution is -0.250. The quantitative estimate of drug-likeness (QED) is 0.378. The molecule has 6 heteroatoms. The second-order valence-electron chi connectivity index (χ2n) is 10.8. The fourth-order valence-electron chi connectivity index (χ4n) is 4.50. The predicted molar refractivity (Wildman–Crippen MR) is 124 cm³/mol. The Morgan fingerprint density at radius 1 is 0.656 bits per heavy atom. The minimum atomic E-state index is -1.59. The zero-order chi connectivity index (χ0) is 23.8. The van der Waals surface area contributed by atoms with Gasteiger partial charge in [0, 0.05) is 0 Å². The average Bonchev–Trinajstić information content (AvgIpc) is 2.76. The summed E-state index contributed by atoms with van der Waals surface area (Å²) in [6.45, 7) is 11.8. The maximum atomic E-state index is 13.5. The van der Waals surface area contributed by atoms with E-state index < -0.39 is 23.1 Å². The van der Waals surface area contributed by atoms with E-state index >= 15 is 0 Å².